The number of benzene rings is 2. The highest BCUT2D eigenvalue weighted by atomic mass is 35.5. The summed E-state index contributed by atoms with van der Waals surface area (Å²) in [7, 11) is 0. The number of urea groups is 1. The second kappa shape index (κ2) is 6.76. The minimum Gasteiger partial charge on any atom is -0.325 e. The molecule has 8 heteroatoms. The highest BCUT2D eigenvalue weighted by molar-refractivity contribution is 6.30. The molecule has 0 saturated carbocycles. The Bertz CT molecular complexity index is 870. The summed E-state index contributed by atoms with van der Waals surface area (Å²) in [5, 5.41) is 5.63. The fourth-order valence-corrected chi connectivity index (χ4v) is 2.82. The minimum atomic E-state index is -1.28. The van der Waals surface area contributed by atoms with Gasteiger partial charge in [0, 0.05) is 10.7 Å². The van der Waals surface area contributed by atoms with E-state index in [9.17, 15) is 18.8 Å². The molecule has 1 fully saturated rings. The highest BCUT2D eigenvalue weighted by Crippen LogP contribution is 2.29. The van der Waals surface area contributed by atoms with Crippen molar-refractivity contribution in [2.75, 3.05) is 11.9 Å². The minimum absolute atomic E-state index is 0.365. The van der Waals surface area contributed by atoms with Crippen molar-refractivity contribution in [2.24, 2.45) is 0 Å². The number of nitrogens with zero attached hydrogens (tertiary/aromatic N) is 1. The van der Waals surface area contributed by atoms with Crippen LogP contribution in [-0.4, -0.2) is 29.3 Å². The van der Waals surface area contributed by atoms with Crippen LogP contribution in [0.2, 0.25) is 5.02 Å². The number of hydrogen-bond donors (Lipinski definition) is 2. The summed E-state index contributed by atoms with van der Waals surface area (Å²) in [6, 6.07) is 11.0. The van der Waals surface area contributed by atoms with Crippen LogP contribution in [0.15, 0.2) is 48.5 Å². The molecule has 1 atom stereocenters. The van der Waals surface area contributed by atoms with Crippen molar-refractivity contribution in [1.29, 1.82) is 0 Å². The van der Waals surface area contributed by atoms with Gasteiger partial charge >= 0.3 is 6.03 Å². The molecule has 0 aromatic heterocycles. The number of imide groups is 1. The van der Waals surface area contributed by atoms with Gasteiger partial charge in [-0.25, -0.2) is 9.18 Å². The molecule has 0 unspecified atom stereocenters. The third kappa shape index (κ3) is 3.39. The first kappa shape index (κ1) is 17.9. The van der Waals surface area contributed by atoms with Crippen LogP contribution in [0.25, 0.3) is 0 Å². The van der Waals surface area contributed by atoms with Crippen molar-refractivity contribution in [2.45, 2.75) is 12.5 Å². The zero-order valence-electron chi connectivity index (χ0n) is 13.8. The van der Waals surface area contributed by atoms with Gasteiger partial charge in [-0.3, -0.25) is 14.5 Å². The molecule has 2 N–H and O–H groups in total. The van der Waals surface area contributed by atoms with Gasteiger partial charge in [-0.15, -0.1) is 0 Å². The molecule has 1 saturated heterocycles. The summed E-state index contributed by atoms with van der Waals surface area (Å²) in [4.78, 5) is 37.9. The van der Waals surface area contributed by atoms with Gasteiger partial charge in [-0.2, -0.15) is 0 Å². The molecular formula is C18H15ClFN3O3. The fraction of sp³-hybridized carbons (Fsp3) is 0.167. The number of anilines is 1. The van der Waals surface area contributed by atoms with E-state index in [1.54, 1.807) is 31.2 Å². The maximum absolute atomic E-state index is 12.9. The first-order valence-electron chi connectivity index (χ1n) is 7.75. The van der Waals surface area contributed by atoms with Gasteiger partial charge < -0.3 is 10.6 Å². The lowest BCUT2D eigenvalue weighted by molar-refractivity contribution is -0.133. The van der Waals surface area contributed by atoms with Crippen molar-refractivity contribution < 1.29 is 18.8 Å². The zero-order valence-corrected chi connectivity index (χ0v) is 14.5. The quantitative estimate of drug-likeness (QED) is 0.806. The Morgan fingerprint density at radius 1 is 1.15 bits per heavy atom. The van der Waals surface area contributed by atoms with Gasteiger partial charge in [0.15, 0.2) is 0 Å². The van der Waals surface area contributed by atoms with Crippen LogP contribution in [0.3, 0.4) is 0 Å². The number of nitrogens with one attached hydrogen (secondary N) is 2. The van der Waals surface area contributed by atoms with Crippen molar-refractivity contribution in [3.63, 3.8) is 0 Å². The molecule has 134 valence electrons. The molecule has 0 radical (unpaired) electrons. The van der Waals surface area contributed by atoms with E-state index in [0.29, 0.717) is 16.3 Å². The number of rotatable bonds is 4. The Kier molecular flexibility index (Phi) is 4.65. The zero-order chi connectivity index (χ0) is 18.9. The number of hydrogen-bond acceptors (Lipinski definition) is 3. The van der Waals surface area contributed by atoms with Crippen LogP contribution in [-0.2, 0) is 15.1 Å². The number of carbonyl (C=O) groups is 3. The van der Waals surface area contributed by atoms with E-state index in [1.165, 1.54) is 24.3 Å². The first-order chi connectivity index (χ1) is 12.3. The fourth-order valence-electron chi connectivity index (χ4n) is 2.70. The lowest BCUT2D eigenvalue weighted by Gasteiger charge is -2.22. The van der Waals surface area contributed by atoms with Gasteiger partial charge in [-0.05, 0) is 48.9 Å². The standard InChI is InChI=1S/C18H15ClFN3O3/c1-18(11-2-4-12(19)5-3-11)16(25)23(17(26)22-18)10-15(24)21-14-8-6-13(20)7-9-14/h2-9H,10H2,1H3,(H,21,24)(H,22,26)/t18-/m0/s1. The largest absolute Gasteiger partial charge is 0.325 e. The highest BCUT2D eigenvalue weighted by Gasteiger charge is 2.49. The number of carbonyl (C=O) groups excluding carboxylic acids is 3. The molecular weight excluding hydrogens is 361 g/mol. The summed E-state index contributed by atoms with van der Waals surface area (Å²) >= 11 is 5.85. The maximum atomic E-state index is 12.9. The molecule has 0 bridgehead atoms. The van der Waals surface area contributed by atoms with Crippen LogP contribution in [0.4, 0.5) is 14.9 Å². The smallest absolute Gasteiger partial charge is 0.325 e. The van der Waals surface area contributed by atoms with Crippen molar-refractivity contribution >= 4 is 35.1 Å². The topological polar surface area (TPSA) is 78.5 Å². The monoisotopic (exact) mass is 375 g/mol. The van der Waals surface area contributed by atoms with Gasteiger partial charge in [0.2, 0.25) is 5.91 Å². The summed E-state index contributed by atoms with van der Waals surface area (Å²) in [6.07, 6.45) is 0. The van der Waals surface area contributed by atoms with Gasteiger partial charge in [0.05, 0.1) is 0 Å². The van der Waals surface area contributed by atoms with E-state index in [1.807, 2.05) is 0 Å². The average molecular weight is 376 g/mol. The van der Waals surface area contributed by atoms with E-state index >= 15 is 0 Å². The van der Waals surface area contributed by atoms with Crippen molar-refractivity contribution in [3.05, 3.63) is 64.9 Å². The van der Waals surface area contributed by atoms with Crippen molar-refractivity contribution in [3.8, 4) is 0 Å². The number of amides is 4. The predicted octanol–water partition coefficient (Wildman–Crippen LogP) is 2.88. The van der Waals surface area contributed by atoms with E-state index in [4.69, 9.17) is 11.6 Å². The number of halogens is 2. The summed E-state index contributed by atoms with van der Waals surface area (Å²) in [5.74, 6) is -1.55. The van der Waals surface area contributed by atoms with Crippen LogP contribution >= 0.6 is 11.6 Å². The third-order valence-electron chi connectivity index (χ3n) is 4.13. The Labute approximate surface area is 153 Å². The molecule has 4 amide bonds. The van der Waals surface area contributed by atoms with Gasteiger partial charge in [0.1, 0.15) is 17.9 Å². The average Bonchev–Trinajstić information content (AvgIpc) is 2.82. The Balaban J connectivity index is 1.73. The van der Waals surface area contributed by atoms with Crippen LogP contribution < -0.4 is 10.6 Å². The Morgan fingerprint density at radius 3 is 2.38 bits per heavy atom. The molecule has 1 heterocycles. The molecule has 1 aliphatic heterocycles. The van der Waals surface area contributed by atoms with E-state index < -0.39 is 35.7 Å². The van der Waals surface area contributed by atoms with Crippen molar-refractivity contribution in [1.82, 2.24) is 10.2 Å². The van der Waals surface area contributed by atoms with Crippen LogP contribution in [0, 0.1) is 5.82 Å². The second-order valence-corrected chi connectivity index (χ2v) is 6.44. The van der Waals surface area contributed by atoms with E-state index in [-0.39, 0.29) is 0 Å². The SMILES string of the molecule is C[C@@]1(c2ccc(Cl)cc2)NC(=O)N(CC(=O)Nc2ccc(F)cc2)C1=O. The van der Waals surface area contributed by atoms with E-state index in [2.05, 4.69) is 10.6 Å². The molecule has 0 spiro atoms. The molecule has 26 heavy (non-hydrogen) atoms. The van der Waals surface area contributed by atoms with Gasteiger partial charge in [-0.1, -0.05) is 23.7 Å². The Hall–Kier alpha value is -2.93. The lowest BCUT2D eigenvalue weighted by Crippen LogP contribution is -2.42. The van der Waals surface area contributed by atoms with Gasteiger partial charge in [0.25, 0.3) is 5.91 Å². The molecule has 2 aromatic carbocycles. The molecule has 3 rings (SSSR count). The van der Waals surface area contributed by atoms with Crippen LogP contribution in [0.5, 0.6) is 0 Å². The molecule has 0 aliphatic carbocycles. The third-order valence-corrected chi connectivity index (χ3v) is 4.38. The molecule has 6 nitrogen and oxygen atoms in total. The first-order valence-corrected chi connectivity index (χ1v) is 8.13. The summed E-state index contributed by atoms with van der Waals surface area (Å²) in [5.41, 5.74) is -0.358. The predicted molar refractivity (Wildman–Crippen MR) is 94.1 cm³/mol. The summed E-state index contributed by atoms with van der Waals surface area (Å²) < 4.78 is 12.9. The van der Waals surface area contributed by atoms with E-state index in [0.717, 1.165) is 4.90 Å². The molecule has 1 aliphatic rings. The van der Waals surface area contributed by atoms with Crippen LogP contribution in [0.1, 0.15) is 12.5 Å². The Morgan fingerprint density at radius 2 is 1.77 bits per heavy atom. The maximum Gasteiger partial charge on any atom is 0.325 e. The molecule has 2 aromatic rings. The summed E-state index contributed by atoms with van der Waals surface area (Å²) in [6.45, 7) is 1.11. The normalized spacial score (nSPS) is 19.4. The second-order valence-electron chi connectivity index (χ2n) is 6.01. The lowest BCUT2D eigenvalue weighted by atomic mass is 9.92.